The minimum absolute atomic E-state index is 0.478. The number of rotatable bonds is 4. The van der Waals surface area contributed by atoms with Gasteiger partial charge in [-0.1, -0.05) is 43.4 Å². The lowest BCUT2D eigenvalue weighted by atomic mass is 9.87. The molecule has 68 valence electrons. The Kier molecular flexibility index (Phi) is 4.29. The van der Waals surface area contributed by atoms with Crippen LogP contribution in [0.25, 0.3) is 0 Å². The summed E-state index contributed by atoms with van der Waals surface area (Å²) >= 11 is 2.15. The van der Waals surface area contributed by atoms with Gasteiger partial charge < -0.3 is 10.8 Å². The molecule has 3 N–H and O–H groups in total. The van der Waals surface area contributed by atoms with Crippen LogP contribution in [0.4, 0.5) is 0 Å². The predicted molar refractivity (Wildman–Crippen MR) is 56.8 cm³/mol. The molecule has 0 bridgehead atoms. The average molecular weight is 271 g/mol. The van der Waals surface area contributed by atoms with Crippen molar-refractivity contribution in [3.63, 3.8) is 0 Å². The van der Waals surface area contributed by atoms with Crippen molar-refractivity contribution in [2.45, 2.75) is 49.2 Å². The summed E-state index contributed by atoms with van der Waals surface area (Å²) in [4.78, 5) is 0. The molecule has 0 aromatic carbocycles. The topological polar surface area (TPSA) is 46.2 Å². The Hall–Kier alpha value is 0.650. The van der Waals surface area contributed by atoms with E-state index in [1.807, 2.05) is 20.8 Å². The zero-order valence-electron chi connectivity index (χ0n) is 7.52. The highest BCUT2D eigenvalue weighted by molar-refractivity contribution is 14.1. The van der Waals surface area contributed by atoms with Gasteiger partial charge >= 0.3 is 0 Å². The molecule has 1 atom stereocenters. The van der Waals surface area contributed by atoms with Crippen molar-refractivity contribution >= 4 is 22.6 Å². The Labute approximate surface area is 82.7 Å². The first-order valence-corrected chi connectivity index (χ1v) is 5.21. The Morgan fingerprint density at radius 2 is 1.55 bits per heavy atom. The second-order valence-electron chi connectivity index (χ2n) is 2.95. The van der Waals surface area contributed by atoms with Crippen molar-refractivity contribution in [3.8, 4) is 0 Å². The van der Waals surface area contributed by atoms with E-state index >= 15 is 0 Å². The normalized spacial score (nSPS) is 18.0. The minimum atomic E-state index is -0.706. The maximum atomic E-state index is 10.0. The molecule has 3 heteroatoms. The highest BCUT2D eigenvalue weighted by Crippen LogP contribution is 2.35. The first-order chi connectivity index (χ1) is 4.93. The first kappa shape index (κ1) is 11.6. The number of nitrogens with two attached hydrogens (primary N) is 1. The molecule has 0 saturated carbocycles. The van der Waals surface area contributed by atoms with Gasteiger partial charge in [0, 0.05) is 0 Å². The van der Waals surface area contributed by atoms with Gasteiger partial charge in [0.1, 0.15) is 0 Å². The molecule has 11 heavy (non-hydrogen) atoms. The van der Waals surface area contributed by atoms with E-state index in [2.05, 4.69) is 22.6 Å². The lowest BCUT2D eigenvalue weighted by molar-refractivity contribution is -0.00110. The summed E-state index contributed by atoms with van der Waals surface area (Å²) in [5, 5.41) is 10.0. The van der Waals surface area contributed by atoms with Gasteiger partial charge in [-0.15, -0.1) is 0 Å². The van der Waals surface area contributed by atoms with Crippen LogP contribution in [0.3, 0.4) is 0 Å². The van der Waals surface area contributed by atoms with E-state index in [4.69, 9.17) is 5.73 Å². The van der Waals surface area contributed by atoms with Crippen LogP contribution >= 0.6 is 22.6 Å². The van der Waals surface area contributed by atoms with Gasteiger partial charge in [0.25, 0.3) is 0 Å². The largest absolute Gasteiger partial charge is 0.387 e. The van der Waals surface area contributed by atoms with Crippen LogP contribution in [-0.2, 0) is 0 Å². The molecule has 1 unspecified atom stereocenters. The first-order valence-electron chi connectivity index (χ1n) is 4.13. The molecule has 0 aromatic rings. The van der Waals surface area contributed by atoms with Gasteiger partial charge in [0.2, 0.25) is 0 Å². The maximum absolute atomic E-state index is 10.0. The zero-order valence-corrected chi connectivity index (χ0v) is 9.68. The van der Waals surface area contributed by atoms with Crippen molar-refractivity contribution in [1.82, 2.24) is 0 Å². The summed E-state index contributed by atoms with van der Waals surface area (Å²) in [6.45, 7) is 5.95. The standard InChI is InChI=1S/C8H18INO/c1-4-7(11,5-2)8(9,10)6-3/h11H,4-6,10H2,1-3H3. The van der Waals surface area contributed by atoms with Crippen molar-refractivity contribution in [2.24, 2.45) is 5.73 Å². The summed E-state index contributed by atoms with van der Waals surface area (Å²) in [5.74, 6) is 0. The van der Waals surface area contributed by atoms with Crippen LogP contribution in [-0.4, -0.2) is 14.3 Å². The van der Waals surface area contributed by atoms with Crippen molar-refractivity contribution in [2.75, 3.05) is 0 Å². The van der Waals surface area contributed by atoms with Gasteiger partial charge in [-0.05, 0) is 19.3 Å². The summed E-state index contributed by atoms with van der Waals surface area (Å²) in [6, 6.07) is 0. The monoisotopic (exact) mass is 271 g/mol. The highest BCUT2D eigenvalue weighted by Gasteiger charge is 2.41. The Morgan fingerprint density at radius 1 is 1.18 bits per heavy atom. The second kappa shape index (κ2) is 4.05. The van der Waals surface area contributed by atoms with Gasteiger partial charge in [-0.25, -0.2) is 0 Å². The fourth-order valence-electron chi connectivity index (χ4n) is 1.17. The molecule has 0 amide bonds. The number of hydrogen-bond donors (Lipinski definition) is 2. The number of halogens is 1. The third-order valence-corrected chi connectivity index (χ3v) is 4.22. The number of aliphatic hydroxyl groups is 1. The van der Waals surface area contributed by atoms with Crippen LogP contribution in [0.2, 0.25) is 0 Å². The second-order valence-corrected chi connectivity index (χ2v) is 4.88. The SMILES string of the molecule is CCC(N)(I)C(O)(CC)CC. The smallest absolute Gasteiger partial charge is 0.0967 e. The number of alkyl halides is 1. The van der Waals surface area contributed by atoms with Crippen LogP contribution < -0.4 is 5.73 Å². The van der Waals surface area contributed by atoms with E-state index in [0.717, 1.165) is 19.3 Å². The fourth-order valence-corrected chi connectivity index (χ4v) is 1.93. The van der Waals surface area contributed by atoms with E-state index in [1.165, 1.54) is 0 Å². The Balaban J connectivity index is 4.47. The van der Waals surface area contributed by atoms with Gasteiger partial charge in [0.05, 0.1) is 9.15 Å². The van der Waals surface area contributed by atoms with Gasteiger partial charge in [0.15, 0.2) is 0 Å². The molecular formula is C8H18INO. The average Bonchev–Trinajstić information content (AvgIpc) is 2.02. The number of hydrogen-bond acceptors (Lipinski definition) is 2. The third kappa shape index (κ3) is 2.29. The lowest BCUT2D eigenvalue weighted by Crippen LogP contribution is -2.55. The molecule has 0 heterocycles. The molecule has 0 saturated heterocycles. The summed E-state index contributed by atoms with van der Waals surface area (Å²) < 4.78 is -0.478. The van der Waals surface area contributed by atoms with Crippen LogP contribution in [0, 0.1) is 0 Å². The van der Waals surface area contributed by atoms with Crippen LogP contribution in [0.5, 0.6) is 0 Å². The van der Waals surface area contributed by atoms with E-state index in [1.54, 1.807) is 0 Å². The zero-order chi connectivity index (χ0) is 9.12. The summed E-state index contributed by atoms with van der Waals surface area (Å²) in [5.41, 5.74) is 5.25. The van der Waals surface area contributed by atoms with E-state index in [-0.39, 0.29) is 0 Å². The molecule has 0 aliphatic heterocycles. The third-order valence-electron chi connectivity index (χ3n) is 2.46. The fraction of sp³-hybridized carbons (Fsp3) is 1.00. The summed E-state index contributed by atoms with van der Waals surface area (Å²) in [6.07, 6.45) is 2.24. The van der Waals surface area contributed by atoms with Crippen molar-refractivity contribution in [3.05, 3.63) is 0 Å². The van der Waals surface area contributed by atoms with Crippen molar-refractivity contribution < 1.29 is 5.11 Å². The lowest BCUT2D eigenvalue weighted by Gasteiger charge is -2.39. The highest BCUT2D eigenvalue weighted by atomic mass is 127. The van der Waals surface area contributed by atoms with Gasteiger partial charge in [-0.2, -0.15) is 0 Å². The molecule has 0 fully saturated rings. The molecule has 0 radical (unpaired) electrons. The molecule has 0 aliphatic carbocycles. The molecule has 0 aliphatic rings. The molecule has 0 rings (SSSR count). The van der Waals surface area contributed by atoms with Crippen LogP contribution in [0.15, 0.2) is 0 Å². The molecule has 0 aromatic heterocycles. The molecule has 2 nitrogen and oxygen atoms in total. The predicted octanol–water partition coefficient (Wildman–Crippen LogP) is 2.04. The van der Waals surface area contributed by atoms with E-state index < -0.39 is 9.15 Å². The molecular weight excluding hydrogens is 253 g/mol. The molecule has 0 spiro atoms. The van der Waals surface area contributed by atoms with E-state index in [0.29, 0.717) is 0 Å². The van der Waals surface area contributed by atoms with Crippen LogP contribution in [0.1, 0.15) is 40.0 Å². The van der Waals surface area contributed by atoms with E-state index in [9.17, 15) is 5.11 Å². The quantitative estimate of drug-likeness (QED) is 0.467. The Bertz CT molecular complexity index is 121. The maximum Gasteiger partial charge on any atom is 0.0967 e. The summed E-state index contributed by atoms with van der Waals surface area (Å²) in [7, 11) is 0. The van der Waals surface area contributed by atoms with Gasteiger partial charge in [-0.3, -0.25) is 0 Å². The minimum Gasteiger partial charge on any atom is -0.387 e. The van der Waals surface area contributed by atoms with Crippen molar-refractivity contribution in [1.29, 1.82) is 0 Å². The Morgan fingerprint density at radius 3 is 1.64 bits per heavy atom.